The van der Waals surface area contributed by atoms with Gasteiger partial charge in [0.1, 0.15) is 6.61 Å². The first-order chi connectivity index (χ1) is 8.43. The average Bonchev–Trinajstić information content (AvgIpc) is 2.22. The zero-order valence-electron chi connectivity index (χ0n) is 9.56. The van der Waals surface area contributed by atoms with Crippen LogP contribution >= 0.6 is 15.9 Å². The summed E-state index contributed by atoms with van der Waals surface area (Å²) in [5.41, 5.74) is 0.636. The Morgan fingerprint density at radius 2 is 1.94 bits per heavy atom. The number of halogens is 4. The highest BCUT2D eigenvalue weighted by atomic mass is 79.9. The lowest BCUT2D eigenvalue weighted by atomic mass is 9.76. The Morgan fingerprint density at radius 3 is 2.44 bits per heavy atom. The van der Waals surface area contributed by atoms with E-state index in [0.29, 0.717) is 13.1 Å². The molecule has 1 aliphatic heterocycles. The summed E-state index contributed by atoms with van der Waals surface area (Å²) in [5.74, 6) is 0. The highest BCUT2D eigenvalue weighted by Crippen LogP contribution is 2.34. The molecule has 0 bridgehead atoms. The zero-order chi connectivity index (χ0) is 13.2. The molecule has 2 rings (SSSR count). The van der Waals surface area contributed by atoms with Gasteiger partial charge < -0.3 is 10.1 Å². The van der Waals surface area contributed by atoms with Crippen molar-refractivity contribution < 1.29 is 17.9 Å². The molecule has 1 heterocycles. The van der Waals surface area contributed by atoms with Crippen LogP contribution < -0.4 is 5.32 Å². The van der Waals surface area contributed by atoms with Crippen LogP contribution in [0.15, 0.2) is 28.7 Å². The molecular weight excluding hydrogens is 311 g/mol. The van der Waals surface area contributed by atoms with E-state index in [4.69, 9.17) is 4.74 Å². The van der Waals surface area contributed by atoms with Gasteiger partial charge in [-0.25, -0.2) is 0 Å². The molecule has 18 heavy (non-hydrogen) atoms. The van der Waals surface area contributed by atoms with Gasteiger partial charge in [0.15, 0.2) is 0 Å². The zero-order valence-corrected chi connectivity index (χ0v) is 11.1. The Balaban J connectivity index is 2.05. The van der Waals surface area contributed by atoms with E-state index in [1.54, 1.807) is 0 Å². The maximum Gasteiger partial charge on any atom is 0.411 e. The highest BCUT2D eigenvalue weighted by Gasteiger charge is 2.41. The molecule has 0 atom stereocenters. The van der Waals surface area contributed by atoms with Crippen molar-refractivity contribution in [2.24, 2.45) is 0 Å². The predicted octanol–water partition coefficient (Wildman–Crippen LogP) is 2.87. The van der Waals surface area contributed by atoms with Crippen LogP contribution in [0.5, 0.6) is 0 Å². The number of benzene rings is 1. The molecule has 1 aliphatic rings. The van der Waals surface area contributed by atoms with Crippen LogP contribution in [0.25, 0.3) is 0 Å². The Bertz CT molecular complexity index is 418. The van der Waals surface area contributed by atoms with Gasteiger partial charge in [0, 0.05) is 23.0 Å². The van der Waals surface area contributed by atoms with Crippen molar-refractivity contribution in [2.75, 3.05) is 26.3 Å². The molecule has 1 aromatic carbocycles. The van der Waals surface area contributed by atoms with Crippen LogP contribution in [-0.4, -0.2) is 32.5 Å². The highest BCUT2D eigenvalue weighted by molar-refractivity contribution is 9.10. The van der Waals surface area contributed by atoms with Gasteiger partial charge in [-0.15, -0.1) is 0 Å². The molecule has 6 heteroatoms. The molecule has 0 aromatic heterocycles. The second-order valence-corrected chi connectivity index (χ2v) is 5.33. The number of hydrogen-bond acceptors (Lipinski definition) is 2. The van der Waals surface area contributed by atoms with Gasteiger partial charge in [-0.2, -0.15) is 13.2 Å². The van der Waals surface area contributed by atoms with Gasteiger partial charge in [-0.05, 0) is 11.6 Å². The van der Waals surface area contributed by atoms with Crippen LogP contribution in [0.2, 0.25) is 0 Å². The summed E-state index contributed by atoms with van der Waals surface area (Å²) in [5, 5.41) is 3.09. The third kappa shape index (κ3) is 3.05. The number of alkyl halides is 3. The van der Waals surface area contributed by atoms with Crippen molar-refractivity contribution in [3.05, 3.63) is 34.3 Å². The number of rotatable bonds is 4. The summed E-state index contributed by atoms with van der Waals surface area (Å²) in [4.78, 5) is 0. The average molecular weight is 324 g/mol. The lowest BCUT2D eigenvalue weighted by Crippen LogP contribution is -2.59. The molecule has 100 valence electrons. The van der Waals surface area contributed by atoms with Crippen LogP contribution in [0.1, 0.15) is 5.56 Å². The van der Waals surface area contributed by atoms with Gasteiger partial charge in [0.25, 0.3) is 0 Å². The minimum atomic E-state index is -4.27. The summed E-state index contributed by atoms with van der Waals surface area (Å²) in [6.45, 7) is 0.141. The normalized spacial score (nSPS) is 18.4. The summed E-state index contributed by atoms with van der Waals surface area (Å²) < 4.78 is 42.0. The van der Waals surface area contributed by atoms with E-state index < -0.39 is 12.8 Å². The predicted molar refractivity (Wildman–Crippen MR) is 65.6 cm³/mol. The van der Waals surface area contributed by atoms with E-state index in [-0.39, 0.29) is 12.0 Å². The van der Waals surface area contributed by atoms with Crippen molar-refractivity contribution in [3.8, 4) is 0 Å². The van der Waals surface area contributed by atoms with Crippen LogP contribution in [-0.2, 0) is 10.2 Å². The number of hydrogen-bond donors (Lipinski definition) is 1. The second-order valence-electron chi connectivity index (χ2n) is 4.47. The lowest BCUT2D eigenvalue weighted by Gasteiger charge is -2.43. The Kier molecular flexibility index (Phi) is 3.99. The lowest BCUT2D eigenvalue weighted by molar-refractivity contribution is -0.179. The van der Waals surface area contributed by atoms with E-state index in [1.165, 1.54) is 0 Å². The second kappa shape index (κ2) is 5.19. The van der Waals surface area contributed by atoms with Gasteiger partial charge in [-0.1, -0.05) is 34.1 Å². The van der Waals surface area contributed by atoms with Crippen LogP contribution in [0, 0.1) is 0 Å². The number of ether oxygens (including phenoxy) is 1. The summed E-state index contributed by atoms with van der Waals surface area (Å²) in [6.07, 6.45) is -4.27. The number of nitrogens with one attached hydrogen (secondary N) is 1. The first-order valence-corrected chi connectivity index (χ1v) is 6.32. The minimum absolute atomic E-state index is 0.0716. The van der Waals surface area contributed by atoms with Crippen LogP contribution in [0.3, 0.4) is 0 Å². The fourth-order valence-electron chi connectivity index (χ4n) is 2.05. The van der Waals surface area contributed by atoms with Crippen molar-refractivity contribution >= 4 is 15.9 Å². The molecule has 1 aromatic rings. The molecule has 0 unspecified atom stereocenters. The smallest absolute Gasteiger partial charge is 0.371 e. The topological polar surface area (TPSA) is 21.3 Å². The first-order valence-electron chi connectivity index (χ1n) is 5.53. The standard InChI is InChI=1S/C12H13BrF3NO/c13-10-4-2-1-3-9(10)11(5-17-6-11)7-18-8-12(14,15)16/h1-4,17H,5-8H2. The van der Waals surface area contributed by atoms with Crippen molar-refractivity contribution in [3.63, 3.8) is 0 Å². The molecule has 0 saturated carbocycles. The van der Waals surface area contributed by atoms with E-state index in [2.05, 4.69) is 21.2 Å². The third-order valence-corrected chi connectivity index (χ3v) is 3.71. The van der Waals surface area contributed by atoms with Gasteiger partial charge >= 0.3 is 6.18 Å². The largest absolute Gasteiger partial charge is 0.411 e. The summed E-state index contributed by atoms with van der Waals surface area (Å²) in [7, 11) is 0. The van der Waals surface area contributed by atoms with E-state index in [1.807, 2.05) is 24.3 Å². The summed E-state index contributed by atoms with van der Waals surface area (Å²) >= 11 is 3.43. The van der Waals surface area contributed by atoms with Gasteiger partial charge in [-0.3, -0.25) is 0 Å². The molecule has 0 aliphatic carbocycles. The molecular formula is C12H13BrF3NO. The van der Waals surface area contributed by atoms with Crippen molar-refractivity contribution in [2.45, 2.75) is 11.6 Å². The Labute approximate surface area is 112 Å². The van der Waals surface area contributed by atoms with Crippen molar-refractivity contribution in [1.82, 2.24) is 5.32 Å². The van der Waals surface area contributed by atoms with E-state index in [0.717, 1.165) is 10.0 Å². The SMILES string of the molecule is FC(F)(F)COCC1(c2ccccc2Br)CNC1. The maximum absolute atomic E-state index is 12.1. The molecule has 0 amide bonds. The first kappa shape index (κ1) is 13.8. The van der Waals surface area contributed by atoms with E-state index >= 15 is 0 Å². The van der Waals surface area contributed by atoms with Gasteiger partial charge in [0.2, 0.25) is 0 Å². The Hall–Kier alpha value is -0.590. The molecule has 0 radical (unpaired) electrons. The minimum Gasteiger partial charge on any atom is -0.371 e. The molecule has 1 saturated heterocycles. The molecule has 2 nitrogen and oxygen atoms in total. The fourth-order valence-corrected chi connectivity index (χ4v) is 2.76. The third-order valence-electron chi connectivity index (χ3n) is 3.02. The van der Waals surface area contributed by atoms with Crippen molar-refractivity contribution in [1.29, 1.82) is 0 Å². The quantitative estimate of drug-likeness (QED) is 0.920. The maximum atomic E-state index is 12.1. The molecule has 0 spiro atoms. The van der Waals surface area contributed by atoms with Gasteiger partial charge in [0.05, 0.1) is 6.61 Å². The van der Waals surface area contributed by atoms with Crippen LogP contribution in [0.4, 0.5) is 13.2 Å². The summed E-state index contributed by atoms with van der Waals surface area (Å²) in [6, 6.07) is 7.56. The molecule has 1 N–H and O–H groups in total. The fraction of sp³-hybridized carbons (Fsp3) is 0.500. The molecule has 1 fully saturated rings. The monoisotopic (exact) mass is 323 g/mol. The van der Waals surface area contributed by atoms with E-state index in [9.17, 15) is 13.2 Å². The Morgan fingerprint density at radius 1 is 1.28 bits per heavy atom.